The molecule has 1 aromatic heterocycles. The molecule has 3 aromatic rings. The highest BCUT2D eigenvalue weighted by Crippen LogP contribution is 2.29. The number of nitrogens with one attached hydrogen (secondary N) is 2. The Kier molecular flexibility index (Phi) is 6.67. The third-order valence-corrected chi connectivity index (χ3v) is 5.40. The van der Waals surface area contributed by atoms with Gasteiger partial charge in [0.2, 0.25) is 0 Å². The van der Waals surface area contributed by atoms with E-state index >= 15 is 0 Å². The topological polar surface area (TPSA) is 91.2 Å². The van der Waals surface area contributed by atoms with Gasteiger partial charge in [-0.15, -0.1) is 11.3 Å². The summed E-state index contributed by atoms with van der Waals surface area (Å²) in [6.07, 6.45) is 0. The van der Waals surface area contributed by atoms with Crippen LogP contribution in [0.2, 0.25) is 5.02 Å². The SMILES string of the molecule is Cc1cc(NC(=O)c2ccc(F)cc2Cl)sc1C(=O)Nc1cccc(OCC#N)c1. The molecule has 0 saturated heterocycles. The van der Waals surface area contributed by atoms with Gasteiger partial charge in [0.15, 0.2) is 6.61 Å². The van der Waals surface area contributed by atoms with E-state index in [1.54, 1.807) is 37.3 Å². The molecule has 0 unspecified atom stereocenters. The molecule has 9 heteroatoms. The van der Waals surface area contributed by atoms with Crippen LogP contribution in [-0.2, 0) is 0 Å². The van der Waals surface area contributed by atoms with Crippen molar-refractivity contribution in [1.29, 1.82) is 5.26 Å². The van der Waals surface area contributed by atoms with Gasteiger partial charge in [0.05, 0.1) is 20.5 Å². The zero-order valence-electron chi connectivity index (χ0n) is 15.7. The van der Waals surface area contributed by atoms with Crippen molar-refractivity contribution < 1.29 is 18.7 Å². The first-order valence-electron chi connectivity index (χ1n) is 8.65. The van der Waals surface area contributed by atoms with E-state index in [4.69, 9.17) is 21.6 Å². The van der Waals surface area contributed by atoms with Gasteiger partial charge in [-0.05, 0) is 48.9 Å². The highest BCUT2D eigenvalue weighted by Gasteiger charge is 2.17. The van der Waals surface area contributed by atoms with E-state index < -0.39 is 11.7 Å². The van der Waals surface area contributed by atoms with Gasteiger partial charge in [-0.2, -0.15) is 5.26 Å². The number of ether oxygens (including phenoxy) is 1. The number of halogens is 2. The lowest BCUT2D eigenvalue weighted by Crippen LogP contribution is -2.12. The molecule has 0 fully saturated rings. The second-order valence-corrected chi connectivity index (χ2v) is 7.59. The fourth-order valence-electron chi connectivity index (χ4n) is 2.59. The van der Waals surface area contributed by atoms with Crippen LogP contribution in [0.5, 0.6) is 5.75 Å². The number of hydrogen-bond acceptors (Lipinski definition) is 5. The fourth-order valence-corrected chi connectivity index (χ4v) is 3.81. The van der Waals surface area contributed by atoms with Gasteiger partial charge in [-0.1, -0.05) is 17.7 Å². The number of nitriles is 1. The third kappa shape index (κ3) is 5.14. The second-order valence-electron chi connectivity index (χ2n) is 6.13. The van der Waals surface area contributed by atoms with E-state index in [0.717, 1.165) is 23.5 Å². The van der Waals surface area contributed by atoms with Gasteiger partial charge in [-0.25, -0.2) is 4.39 Å². The normalized spacial score (nSPS) is 10.2. The molecule has 152 valence electrons. The van der Waals surface area contributed by atoms with Crippen molar-refractivity contribution in [3.8, 4) is 11.8 Å². The number of benzene rings is 2. The van der Waals surface area contributed by atoms with Gasteiger partial charge in [0.1, 0.15) is 17.6 Å². The molecule has 0 bridgehead atoms. The first kappa shape index (κ1) is 21.3. The highest BCUT2D eigenvalue weighted by atomic mass is 35.5. The Morgan fingerprint density at radius 1 is 1.17 bits per heavy atom. The van der Waals surface area contributed by atoms with Gasteiger partial charge in [0, 0.05) is 11.8 Å². The maximum absolute atomic E-state index is 13.2. The average Bonchev–Trinajstić information content (AvgIpc) is 3.06. The van der Waals surface area contributed by atoms with Crippen molar-refractivity contribution >= 4 is 45.4 Å². The monoisotopic (exact) mass is 443 g/mol. The Bertz CT molecular complexity index is 1160. The average molecular weight is 444 g/mol. The number of thiophene rings is 1. The number of anilines is 2. The molecule has 1 heterocycles. The van der Waals surface area contributed by atoms with Crippen LogP contribution in [-0.4, -0.2) is 18.4 Å². The van der Waals surface area contributed by atoms with Crippen LogP contribution >= 0.6 is 22.9 Å². The van der Waals surface area contributed by atoms with Gasteiger partial charge in [0.25, 0.3) is 11.8 Å². The Morgan fingerprint density at radius 2 is 1.97 bits per heavy atom. The Hall–Kier alpha value is -3.41. The lowest BCUT2D eigenvalue weighted by molar-refractivity contribution is 0.102. The number of carbonyl (C=O) groups is 2. The van der Waals surface area contributed by atoms with Crippen molar-refractivity contribution in [3.05, 3.63) is 75.4 Å². The van der Waals surface area contributed by atoms with Crippen molar-refractivity contribution in [2.45, 2.75) is 6.92 Å². The third-order valence-electron chi connectivity index (χ3n) is 3.93. The maximum atomic E-state index is 13.2. The summed E-state index contributed by atoms with van der Waals surface area (Å²) in [5, 5.41) is 14.5. The molecule has 2 aromatic carbocycles. The lowest BCUT2D eigenvalue weighted by atomic mass is 10.2. The van der Waals surface area contributed by atoms with Gasteiger partial charge < -0.3 is 15.4 Å². The lowest BCUT2D eigenvalue weighted by Gasteiger charge is -2.07. The molecule has 0 aliphatic rings. The molecule has 0 aliphatic heterocycles. The number of nitrogens with zero attached hydrogens (tertiary/aromatic N) is 1. The van der Waals surface area contributed by atoms with E-state index in [1.165, 1.54) is 6.07 Å². The van der Waals surface area contributed by atoms with E-state index in [1.807, 2.05) is 6.07 Å². The first-order chi connectivity index (χ1) is 14.4. The Labute approximate surface area is 180 Å². The molecule has 30 heavy (non-hydrogen) atoms. The van der Waals surface area contributed by atoms with Crippen LogP contribution in [0.4, 0.5) is 15.1 Å². The van der Waals surface area contributed by atoms with Gasteiger partial charge >= 0.3 is 0 Å². The predicted octanol–water partition coefficient (Wildman–Crippen LogP) is 5.26. The molecule has 0 saturated carbocycles. The Morgan fingerprint density at radius 3 is 2.70 bits per heavy atom. The summed E-state index contributed by atoms with van der Waals surface area (Å²) in [6.45, 7) is 1.65. The molecule has 0 aliphatic carbocycles. The van der Waals surface area contributed by atoms with Crippen LogP contribution < -0.4 is 15.4 Å². The Balaban J connectivity index is 1.72. The predicted molar refractivity (Wildman–Crippen MR) is 114 cm³/mol. The number of aryl methyl sites for hydroxylation is 1. The molecule has 2 N–H and O–H groups in total. The molecule has 0 spiro atoms. The summed E-state index contributed by atoms with van der Waals surface area (Å²) in [7, 11) is 0. The summed E-state index contributed by atoms with van der Waals surface area (Å²) in [6, 6.07) is 13.7. The van der Waals surface area contributed by atoms with Crippen LogP contribution in [0.25, 0.3) is 0 Å². The standard InChI is InChI=1S/C21H15ClFN3O3S/c1-12-9-18(26-20(27)16-6-5-13(23)10-17(16)22)30-19(12)21(28)25-14-3-2-4-15(11-14)29-8-7-24/h2-6,9-11H,8H2,1H3,(H,25,28)(H,26,27). The number of hydrogen-bond donors (Lipinski definition) is 2. The summed E-state index contributed by atoms with van der Waals surface area (Å²) in [5.74, 6) is -0.934. The van der Waals surface area contributed by atoms with E-state index in [0.29, 0.717) is 26.9 Å². The number of carbonyl (C=O) groups excluding carboxylic acids is 2. The molecule has 2 amide bonds. The fraction of sp³-hybridized carbons (Fsp3) is 0.0952. The first-order valence-corrected chi connectivity index (χ1v) is 9.85. The minimum Gasteiger partial charge on any atom is -0.479 e. The minimum atomic E-state index is -0.537. The van der Waals surface area contributed by atoms with Crippen molar-refractivity contribution in [2.75, 3.05) is 17.2 Å². The van der Waals surface area contributed by atoms with E-state index in [9.17, 15) is 14.0 Å². The van der Waals surface area contributed by atoms with E-state index in [-0.39, 0.29) is 23.1 Å². The largest absolute Gasteiger partial charge is 0.479 e. The zero-order chi connectivity index (χ0) is 21.7. The molecule has 3 rings (SSSR count). The maximum Gasteiger partial charge on any atom is 0.266 e. The summed E-state index contributed by atoms with van der Waals surface area (Å²) in [4.78, 5) is 25.5. The number of rotatable bonds is 6. The minimum absolute atomic E-state index is 0.00255. The van der Waals surface area contributed by atoms with E-state index in [2.05, 4.69) is 10.6 Å². The van der Waals surface area contributed by atoms with Crippen molar-refractivity contribution in [2.24, 2.45) is 0 Å². The summed E-state index contributed by atoms with van der Waals surface area (Å²) >= 11 is 7.02. The molecule has 6 nitrogen and oxygen atoms in total. The summed E-state index contributed by atoms with van der Waals surface area (Å²) in [5.41, 5.74) is 1.31. The summed E-state index contributed by atoms with van der Waals surface area (Å²) < 4.78 is 18.4. The zero-order valence-corrected chi connectivity index (χ0v) is 17.2. The molecular weight excluding hydrogens is 429 g/mol. The van der Waals surface area contributed by atoms with Crippen molar-refractivity contribution in [3.63, 3.8) is 0 Å². The van der Waals surface area contributed by atoms with Crippen LogP contribution in [0, 0.1) is 24.1 Å². The second kappa shape index (κ2) is 9.39. The van der Waals surface area contributed by atoms with Crippen LogP contribution in [0.3, 0.4) is 0 Å². The highest BCUT2D eigenvalue weighted by molar-refractivity contribution is 7.18. The number of amides is 2. The molecule has 0 atom stereocenters. The van der Waals surface area contributed by atoms with Gasteiger partial charge in [-0.3, -0.25) is 9.59 Å². The smallest absolute Gasteiger partial charge is 0.266 e. The van der Waals surface area contributed by atoms with Crippen LogP contribution in [0.1, 0.15) is 25.6 Å². The quantitative estimate of drug-likeness (QED) is 0.543. The van der Waals surface area contributed by atoms with Crippen LogP contribution in [0.15, 0.2) is 48.5 Å². The molecular formula is C21H15ClFN3O3S. The van der Waals surface area contributed by atoms with Crippen molar-refractivity contribution in [1.82, 2.24) is 0 Å². The molecule has 0 radical (unpaired) electrons.